The number of carbonyl (C=O) groups is 2. The van der Waals surface area contributed by atoms with Gasteiger partial charge in [0.1, 0.15) is 11.2 Å². The molecule has 2 amide bonds. The Balaban J connectivity index is 0.000000459. The number of fused-ring (bicyclic) bond motifs is 3. The van der Waals surface area contributed by atoms with Crippen LogP contribution in [0.25, 0.3) is 32.7 Å². The Kier molecular flexibility index (Phi) is 24.3. The van der Waals surface area contributed by atoms with Crippen LogP contribution in [0.15, 0.2) is 73.2 Å². The number of rotatable bonds is 2. The van der Waals surface area contributed by atoms with Gasteiger partial charge >= 0.3 is 12.2 Å². The lowest BCUT2D eigenvalue weighted by Gasteiger charge is -2.33. The summed E-state index contributed by atoms with van der Waals surface area (Å²) in [6.45, 7) is 25.3. The fraction of sp³-hybridized carbons (Fsp3) is 0.574. The summed E-state index contributed by atoms with van der Waals surface area (Å²) in [4.78, 5) is 27.4. The van der Waals surface area contributed by atoms with Crippen LogP contribution in [0.1, 0.15) is 145 Å². The summed E-state index contributed by atoms with van der Waals surface area (Å²) in [5.41, 5.74) is 6.56. The van der Waals surface area contributed by atoms with Gasteiger partial charge in [-0.15, -0.1) is 12.4 Å². The first-order valence-electron chi connectivity index (χ1n) is 22.9. The van der Waals surface area contributed by atoms with Crippen molar-refractivity contribution in [3.63, 3.8) is 0 Å². The standard InChI is InChI=1S/C18H25N3O2.C13H17N3.C11H21NO2.C8H8N2.4CH4.ClH/c1-13-5-6-16-14(11-13)12-19-21(16)15-7-9-20(10-8-15)17(22)23-18(2,3)4;1-10-2-3-13-11(8-10)9-15-16(13)12-4-6-14-7-5-12;1-9-5-7-12(8-6-9)10(13)14-11(2,3)4;1-6-2-3-8-7(4-6)5-9-10-8;;;;;/h5-6,11-12,15H,7-10H2,1-4H3;2-3,8-9,12,14H,4-7H2,1H3;9H,5-8H2,1-4H3;2-5H,1H3,(H,9,10);4*1H4;1H. The molecule has 3 fully saturated rings. The minimum atomic E-state index is -0.440. The number of amides is 2. The number of hydrogen-bond acceptors (Lipinski definition) is 8. The molecule has 0 bridgehead atoms. The van der Waals surface area contributed by atoms with Crippen LogP contribution in [0.4, 0.5) is 9.59 Å². The highest BCUT2D eigenvalue weighted by molar-refractivity contribution is 5.85. The molecule has 6 aromatic rings. The first kappa shape index (κ1) is 60.9. The molecular weight excluding hydrogens is 874 g/mol. The van der Waals surface area contributed by atoms with Crippen LogP contribution >= 0.6 is 12.4 Å². The van der Waals surface area contributed by atoms with Gasteiger partial charge in [-0.25, -0.2) is 9.59 Å². The minimum Gasteiger partial charge on any atom is -0.444 e. The van der Waals surface area contributed by atoms with E-state index in [1.165, 1.54) is 56.7 Å². The molecule has 9 rings (SSSR count). The van der Waals surface area contributed by atoms with Crippen molar-refractivity contribution < 1.29 is 19.1 Å². The van der Waals surface area contributed by atoms with Crippen molar-refractivity contribution >= 4 is 57.3 Å². The second-order valence-corrected chi connectivity index (χ2v) is 19.6. The third-order valence-electron chi connectivity index (χ3n) is 11.6. The predicted octanol–water partition coefficient (Wildman–Crippen LogP) is 13.7. The number of nitrogens with one attached hydrogen (secondary N) is 2. The zero-order valence-electron chi connectivity index (χ0n) is 39.8. The van der Waals surface area contributed by atoms with Gasteiger partial charge in [0.15, 0.2) is 0 Å². The Morgan fingerprint density at radius 3 is 1.41 bits per heavy atom. The lowest BCUT2D eigenvalue weighted by molar-refractivity contribution is 0.0177. The minimum absolute atomic E-state index is 0. The largest absolute Gasteiger partial charge is 0.444 e. The molecule has 3 aliphatic heterocycles. The number of hydrogen-bond donors (Lipinski definition) is 2. The highest BCUT2D eigenvalue weighted by Gasteiger charge is 2.29. The number of aromatic amines is 1. The lowest BCUT2D eigenvalue weighted by Crippen LogP contribution is -2.42. The Labute approximate surface area is 415 Å². The quantitative estimate of drug-likeness (QED) is 0.175. The highest BCUT2D eigenvalue weighted by Crippen LogP contribution is 2.28. The number of H-pyrrole nitrogens is 1. The van der Waals surface area contributed by atoms with Crippen LogP contribution in [0.2, 0.25) is 0 Å². The molecule has 0 saturated carbocycles. The zero-order chi connectivity index (χ0) is 45.3. The van der Waals surface area contributed by atoms with Gasteiger partial charge in [0.25, 0.3) is 0 Å². The van der Waals surface area contributed by atoms with Crippen molar-refractivity contribution in [2.24, 2.45) is 5.92 Å². The second kappa shape index (κ2) is 27.2. The molecule has 380 valence electrons. The van der Waals surface area contributed by atoms with E-state index in [-0.39, 0.29) is 59.9 Å². The van der Waals surface area contributed by atoms with Crippen molar-refractivity contribution in [3.05, 3.63) is 89.9 Å². The molecule has 68 heavy (non-hydrogen) atoms. The van der Waals surface area contributed by atoms with E-state index in [0.29, 0.717) is 25.2 Å². The van der Waals surface area contributed by atoms with Gasteiger partial charge in [-0.2, -0.15) is 15.3 Å². The van der Waals surface area contributed by atoms with Crippen molar-refractivity contribution in [2.75, 3.05) is 39.3 Å². The SMILES string of the molecule is C.C.C.C.CC1CCN(C(=O)OC(C)(C)C)CC1.Cc1ccc2[nH]ncc2c1.Cc1ccc2c(cnn2C2CCN(C(=O)OC(C)(C)C)CC2)c1.Cc1ccc2c(cnn2C2CCNCC2)c1.Cl. The number of aryl methyl sites for hydroxylation is 3. The summed E-state index contributed by atoms with van der Waals surface area (Å²) >= 11 is 0. The summed E-state index contributed by atoms with van der Waals surface area (Å²) in [5, 5.41) is 23.0. The average Bonchev–Trinajstić information content (AvgIpc) is 3.99. The van der Waals surface area contributed by atoms with Crippen LogP contribution in [-0.2, 0) is 9.47 Å². The van der Waals surface area contributed by atoms with Crippen molar-refractivity contribution in [3.8, 4) is 0 Å². The van der Waals surface area contributed by atoms with Crippen LogP contribution < -0.4 is 5.32 Å². The third-order valence-corrected chi connectivity index (χ3v) is 11.6. The zero-order valence-corrected chi connectivity index (χ0v) is 40.6. The summed E-state index contributed by atoms with van der Waals surface area (Å²) < 4.78 is 15.1. The molecule has 0 radical (unpaired) electrons. The van der Waals surface area contributed by atoms with Crippen LogP contribution in [0.3, 0.4) is 0 Å². The van der Waals surface area contributed by atoms with E-state index in [9.17, 15) is 9.59 Å². The molecule has 3 aliphatic rings. The van der Waals surface area contributed by atoms with Gasteiger partial charge in [-0.1, -0.05) is 71.5 Å². The van der Waals surface area contributed by atoms with E-state index in [1.54, 1.807) is 4.90 Å². The fourth-order valence-electron chi connectivity index (χ4n) is 8.18. The van der Waals surface area contributed by atoms with E-state index in [2.05, 4.69) is 111 Å². The predicted molar refractivity (Wildman–Crippen MR) is 287 cm³/mol. The molecule has 14 heteroatoms. The van der Waals surface area contributed by atoms with Gasteiger partial charge < -0.3 is 24.6 Å². The fourth-order valence-corrected chi connectivity index (χ4v) is 8.18. The number of nitrogens with zero attached hydrogens (tertiary/aromatic N) is 7. The Morgan fingerprint density at radius 2 is 0.971 bits per heavy atom. The molecule has 0 atom stereocenters. The monoisotopic (exact) mass is 962 g/mol. The van der Waals surface area contributed by atoms with Gasteiger partial charge in [0, 0.05) is 42.3 Å². The van der Waals surface area contributed by atoms with E-state index in [4.69, 9.17) is 9.47 Å². The number of carbonyl (C=O) groups excluding carboxylic acids is 2. The smallest absolute Gasteiger partial charge is 0.410 e. The van der Waals surface area contributed by atoms with Gasteiger partial charge in [-0.05, 0) is 156 Å². The molecule has 3 aromatic carbocycles. The van der Waals surface area contributed by atoms with E-state index in [0.717, 1.165) is 63.3 Å². The van der Waals surface area contributed by atoms with Gasteiger partial charge in [0.2, 0.25) is 0 Å². The number of benzene rings is 3. The molecule has 0 aliphatic carbocycles. The maximum atomic E-state index is 12.1. The van der Waals surface area contributed by atoms with Crippen molar-refractivity contribution in [1.29, 1.82) is 0 Å². The normalized spacial score (nSPS) is 15.5. The second-order valence-electron chi connectivity index (χ2n) is 19.6. The Bertz CT molecular complexity index is 2410. The molecule has 6 heterocycles. The summed E-state index contributed by atoms with van der Waals surface area (Å²) in [6, 6.07) is 20.1. The number of piperidine rings is 3. The van der Waals surface area contributed by atoms with Gasteiger partial charge in [0.05, 0.1) is 47.2 Å². The maximum Gasteiger partial charge on any atom is 0.410 e. The van der Waals surface area contributed by atoms with Crippen LogP contribution in [-0.4, -0.2) is 102 Å². The van der Waals surface area contributed by atoms with E-state index in [1.807, 2.05) is 71.1 Å². The van der Waals surface area contributed by atoms with E-state index >= 15 is 0 Å². The topological polar surface area (TPSA) is 135 Å². The first-order valence-corrected chi connectivity index (χ1v) is 22.9. The number of ether oxygens (including phenoxy) is 2. The van der Waals surface area contributed by atoms with Crippen molar-refractivity contribution in [2.45, 2.75) is 161 Å². The summed E-state index contributed by atoms with van der Waals surface area (Å²) in [6.07, 6.45) is 11.8. The Hall–Kier alpha value is -5.14. The summed E-state index contributed by atoms with van der Waals surface area (Å²) in [5.74, 6) is 0.744. The molecule has 0 spiro atoms. The molecular formula is C54H88ClN9O4. The molecule has 13 nitrogen and oxygen atoms in total. The van der Waals surface area contributed by atoms with Crippen LogP contribution in [0, 0.1) is 26.7 Å². The van der Waals surface area contributed by atoms with Gasteiger partial charge in [-0.3, -0.25) is 14.5 Å². The average molecular weight is 963 g/mol. The van der Waals surface area contributed by atoms with E-state index < -0.39 is 5.60 Å². The molecule has 2 N–H and O–H groups in total. The molecule has 3 saturated heterocycles. The molecule has 0 unspecified atom stereocenters. The Morgan fingerprint density at radius 1 is 0.574 bits per heavy atom. The number of halogens is 1. The number of likely N-dealkylation sites (tertiary alicyclic amines) is 2. The number of aromatic nitrogens is 6. The van der Waals surface area contributed by atoms with Crippen LogP contribution in [0.5, 0.6) is 0 Å². The maximum absolute atomic E-state index is 12.1. The summed E-state index contributed by atoms with van der Waals surface area (Å²) in [7, 11) is 0. The third kappa shape index (κ3) is 17.4. The lowest BCUT2D eigenvalue weighted by atomic mass is 10.00. The highest BCUT2D eigenvalue weighted by atomic mass is 35.5. The first-order chi connectivity index (χ1) is 29.9. The van der Waals surface area contributed by atoms with Crippen molar-refractivity contribution in [1.82, 2.24) is 44.9 Å². The molecule has 3 aromatic heterocycles.